The Morgan fingerprint density at radius 1 is 1.47 bits per heavy atom. The van der Waals surface area contributed by atoms with Gasteiger partial charge < -0.3 is 14.8 Å². The van der Waals surface area contributed by atoms with Crippen molar-refractivity contribution in [3.05, 3.63) is 18.1 Å². The van der Waals surface area contributed by atoms with Gasteiger partial charge in [-0.25, -0.2) is 9.97 Å². The number of aromatic nitrogens is 2. The fourth-order valence-corrected chi connectivity index (χ4v) is 2.06. The highest BCUT2D eigenvalue weighted by molar-refractivity contribution is 5.74. The highest BCUT2D eigenvalue weighted by Crippen LogP contribution is 2.25. The normalized spacial score (nSPS) is 16.1. The summed E-state index contributed by atoms with van der Waals surface area (Å²) in [6, 6.07) is 1.90. The predicted molar refractivity (Wildman–Crippen MR) is 69.9 cm³/mol. The molecule has 6 nitrogen and oxygen atoms in total. The van der Waals surface area contributed by atoms with Crippen LogP contribution < -0.4 is 5.32 Å². The molecule has 6 heteroatoms. The van der Waals surface area contributed by atoms with Crippen LogP contribution in [0, 0.1) is 0 Å². The van der Waals surface area contributed by atoms with Gasteiger partial charge in [-0.2, -0.15) is 0 Å². The molecule has 0 spiro atoms. The molecular formula is C13H19N3O3. The standard InChI is InChI=1S/C13H19N3O3/c1-2-19-13(17)8-14-12-7-11(15-9-16-12)10-3-5-18-6-4-10/h7,9-10H,2-6,8H2,1H3,(H,14,15,16). The SMILES string of the molecule is CCOC(=O)CNc1cc(C2CCOCC2)ncn1. The number of carbonyl (C=O) groups is 1. The molecule has 1 aromatic rings. The van der Waals surface area contributed by atoms with E-state index in [1.165, 1.54) is 6.33 Å². The number of rotatable bonds is 5. The largest absolute Gasteiger partial charge is 0.465 e. The number of anilines is 1. The Bertz CT molecular complexity index is 419. The van der Waals surface area contributed by atoms with Crippen LogP contribution in [0.25, 0.3) is 0 Å². The first-order valence-electron chi connectivity index (χ1n) is 6.58. The molecule has 1 saturated heterocycles. The van der Waals surface area contributed by atoms with E-state index in [0.29, 0.717) is 18.3 Å². The average molecular weight is 265 g/mol. The molecule has 0 saturated carbocycles. The monoisotopic (exact) mass is 265 g/mol. The molecule has 0 aliphatic carbocycles. The molecule has 2 heterocycles. The van der Waals surface area contributed by atoms with E-state index in [9.17, 15) is 4.79 Å². The molecule has 0 radical (unpaired) electrons. The molecule has 19 heavy (non-hydrogen) atoms. The number of nitrogens with one attached hydrogen (secondary N) is 1. The average Bonchev–Trinajstić information content (AvgIpc) is 2.47. The molecular weight excluding hydrogens is 246 g/mol. The van der Waals surface area contributed by atoms with Crippen molar-refractivity contribution in [3.63, 3.8) is 0 Å². The van der Waals surface area contributed by atoms with Crippen LogP contribution >= 0.6 is 0 Å². The van der Waals surface area contributed by atoms with Crippen LogP contribution in [0.5, 0.6) is 0 Å². The van der Waals surface area contributed by atoms with Crippen molar-refractivity contribution in [2.24, 2.45) is 0 Å². The fraction of sp³-hybridized carbons (Fsp3) is 0.615. The summed E-state index contributed by atoms with van der Waals surface area (Å²) < 4.78 is 10.2. The molecule has 1 aromatic heterocycles. The van der Waals surface area contributed by atoms with Crippen LogP contribution in [0.3, 0.4) is 0 Å². The number of hydrogen-bond acceptors (Lipinski definition) is 6. The van der Waals surface area contributed by atoms with Crippen molar-refractivity contribution in [3.8, 4) is 0 Å². The van der Waals surface area contributed by atoms with Crippen molar-refractivity contribution < 1.29 is 14.3 Å². The van der Waals surface area contributed by atoms with E-state index in [1.54, 1.807) is 6.92 Å². The van der Waals surface area contributed by atoms with Crippen molar-refractivity contribution in [2.45, 2.75) is 25.7 Å². The van der Waals surface area contributed by atoms with Crippen LogP contribution in [-0.4, -0.2) is 42.3 Å². The number of carbonyl (C=O) groups excluding carboxylic acids is 1. The van der Waals surface area contributed by atoms with E-state index in [0.717, 1.165) is 31.7 Å². The third kappa shape index (κ3) is 4.17. The zero-order valence-electron chi connectivity index (χ0n) is 11.1. The molecule has 0 unspecified atom stereocenters. The summed E-state index contributed by atoms with van der Waals surface area (Å²) >= 11 is 0. The second-order valence-electron chi connectivity index (χ2n) is 4.37. The third-order valence-corrected chi connectivity index (χ3v) is 3.05. The molecule has 0 atom stereocenters. The van der Waals surface area contributed by atoms with Gasteiger partial charge in [0.2, 0.25) is 0 Å². The summed E-state index contributed by atoms with van der Waals surface area (Å²) in [5.74, 6) is 0.790. The molecule has 0 amide bonds. The summed E-state index contributed by atoms with van der Waals surface area (Å²) in [5, 5.41) is 2.95. The van der Waals surface area contributed by atoms with E-state index in [2.05, 4.69) is 15.3 Å². The van der Waals surface area contributed by atoms with Gasteiger partial charge in [-0.1, -0.05) is 0 Å². The molecule has 0 aromatic carbocycles. The lowest BCUT2D eigenvalue weighted by molar-refractivity contribution is -0.140. The molecule has 1 aliphatic heterocycles. The van der Waals surface area contributed by atoms with Gasteiger partial charge in [-0.05, 0) is 19.8 Å². The third-order valence-electron chi connectivity index (χ3n) is 3.05. The lowest BCUT2D eigenvalue weighted by Gasteiger charge is -2.21. The van der Waals surface area contributed by atoms with E-state index >= 15 is 0 Å². The maximum atomic E-state index is 11.3. The molecule has 1 aliphatic rings. The predicted octanol–water partition coefficient (Wildman–Crippen LogP) is 1.35. The maximum absolute atomic E-state index is 11.3. The summed E-state index contributed by atoms with van der Waals surface area (Å²) in [6.07, 6.45) is 3.49. The van der Waals surface area contributed by atoms with Crippen LogP contribution in [0.15, 0.2) is 12.4 Å². The van der Waals surface area contributed by atoms with Crippen molar-refractivity contribution in [1.82, 2.24) is 9.97 Å². The van der Waals surface area contributed by atoms with E-state index in [4.69, 9.17) is 9.47 Å². The van der Waals surface area contributed by atoms with Gasteiger partial charge in [-0.3, -0.25) is 4.79 Å². The van der Waals surface area contributed by atoms with E-state index in [-0.39, 0.29) is 12.5 Å². The van der Waals surface area contributed by atoms with Gasteiger partial charge in [0.25, 0.3) is 0 Å². The highest BCUT2D eigenvalue weighted by Gasteiger charge is 2.17. The van der Waals surface area contributed by atoms with Crippen LogP contribution in [0.1, 0.15) is 31.4 Å². The Morgan fingerprint density at radius 2 is 2.26 bits per heavy atom. The Morgan fingerprint density at radius 3 is 3.00 bits per heavy atom. The number of esters is 1. The molecule has 2 rings (SSSR count). The zero-order chi connectivity index (χ0) is 13.5. The fourth-order valence-electron chi connectivity index (χ4n) is 2.06. The van der Waals surface area contributed by atoms with Gasteiger partial charge in [0.05, 0.1) is 6.61 Å². The number of nitrogens with zero attached hydrogens (tertiary/aromatic N) is 2. The minimum absolute atomic E-state index is 0.123. The lowest BCUT2D eigenvalue weighted by Crippen LogP contribution is -2.18. The maximum Gasteiger partial charge on any atom is 0.325 e. The molecule has 1 fully saturated rings. The molecule has 0 bridgehead atoms. The van der Waals surface area contributed by atoms with Crippen molar-refractivity contribution >= 4 is 11.8 Å². The van der Waals surface area contributed by atoms with Gasteiger partial charge in [0.15, 0.2) is 0 Å². The molecule has 104 valence electrons. The first kappa shape index (κ1) is 13.7. The second kappa shape index (κ2) is 7.04. The van der Waals surface area contributed by atoms with E-state index < -0.39 is 0 Å². The highest BCUT2D eigenvalue weighted by atomic mass is 16.5. The number of ether oxygens (including phenoxy) is 2. The first-order chi connectivity index (χ1) is 9.29. The Kier molecular flexibility index (Phi) is 5.09. The first-order valence-corrected chi connectivity index (χ1v) is 6.58. The summed E-state index contributed by atoms with van der Waals surface area (Å²) in [6.45, 7) is 3.85. The zero-order valence-corrected chi connectivity index (χ0v) is 11.1. The van der Waals surface area contributed by atoms with E-state index in [1.807, 2.05) is 6.07 Å². The Hall–Kier alpha value is -1.69. The number of hydrogen-bond donors (Lipinski definition) is 1. The van der Waals surface area contributed by atoms with Crippen LogP contribution in [-0.2, 0) is 14.3 Å². The van der Waals surface area contributed by atoms with Crippen molar-refractivity contribution in [1.29, 1.82) is 0 Å². The minimum atomic E-state index is -0.284. The Balaban J connectivity index is 1.92. The van der Waals surface area contributed by atoms with Crippen LogP contribution in [0.2, 0.25) is 0 Å². The Labute approximate surface area is 112 Å². The van der Waals surface area contributed by atoms with Gasteiger partial charge in [0.1, 0.15) is 18.7 Å². The van der Waals surface area contributed by atoms with Gasteiger partial charge >= 0.3 is 5.97 Å². The van der Waals surface area contributed by atoms with Crippen molar-refractivity contribution in [2.75, 3.05) is 31.7 Å². The summed E-state index contributed by atoms with van der Waals surface area (Å²) in [5.41, 5.74) is 1.00. The van der Waals surface area contributed by atoms with Crippen LogP contribution in [0.4, 0.5) is 5.82 Å². The van der Waals surface area contributed by atoms with Gasteiger partial charge in [-0.15, -0.1) is 0 Å². The smallest absolute Gasteiger partial charge is 0.325 e. The molecule has 1 N–H and O–H groups in total. The minimum Gasteiger partial charge on any atom is -0.465 e. The second-order valence-corrected chi connectivity index (χ2v) is 4.37. The quantitative estimate of drug-likeness (QED) is 0.810. The topological polar surface area (TPSA) is 73.3 Å². The van der Waals surface area contributed by atoms with Gasteiger partial charge in [0, 0.05) is 30.9 Å². The lowest BCUT2D eigenvalue weighted by atomic mass is 9.96. The summed E-state index contributed by atoms with van der Waals surface area (Å²) in [7, 11) is 0. The summed E-state index contributed by atoms with van der Waals surface area (Å²) in [4.78, 5) is 19.7.